The molecule has 0 bridgehead atoms. The van der Waals surface area contributed by atoms with Gasteiger partial charge in [0.2, 0.25) is 0 Å². The number of hydrogen-bond acceptors (Lipinski definition) is 7. The molecule has 0 aliphatic rings. The van der Waals surface area contributed by atoms with Crippen LogP contribution in [0.2, 0.25) is 0 Å². The Bertz CT molecular complexity index is 1000. The maximum Gasteiger partial charge on any atom is 0.328 e. The molecule has 0 spiro atoms. The molecule has 0 fully saturated rings. The number of aryl methyl sites for hydroxylation is 1. The van der Waals surface area contributed by atoms with Crippen LogP contribution in [0.5, 0.6) is 0 Å². The number of amides is 1. The van der Waals surface area contributed by atoms with Gasteiger partial charge in [0.1, 0.15) is 17.7 Å². The van der Waals surface area contributed by atoms with E-state index in [2.05, 4.69) is 20.5 Å². The predicted molar refractivity (Wildman–Crippen MR) is 93.2 cm³/mol. The molecule has 0 aliphatic heterocycles. The molecule has 0 saturated heterocycles. The van der Waals surface area contributed by atoms with E-state index in [1.807, 2.05) is 7.05 Å². The Kier molecular flexibility index (Phi) is 5.37. The highest BCUT2D eigenvalue weighted by molar-refractivity contribution is 7.99. The highest BCUT2D eigenvalue weighted by Gasteiger charge is 2.15. The fourth-order valence-corrected chi connectivity index (χ4v) is 2.92. The molecule has 3 heterocycles. The average molecular weight is 376 g/mol. The molecule has 26 heavy (non-hydrogen) atoms. The smallest absolute Gasteiger partial charge is 0.328 e. The largest absolute Gasteiger partial charge is 0.467 e. The van der Waals surface area contributed by atoms with Crippen molar-refractivity contribution in [2.24, 2.45) is 7.05 Å². The Balaban J connectivity index is 1.64. The van der Waals surface area contributed by atoms with Gasteiger partial charge in [0.05, 0.1) is 12.8 Å². The molecule has 3 aromatic rings. The van der Waals surface area contributed by atoms with Crippen LogP contribution in [0.3, 0.4) is 0 Å². The standard InChI is InChI=1S/C15H16N6O4S/c1-20-9-18-19-15(20)26-6-4-16-12(22)11-7-17-14(24)21(13(11)23)8-10-3-2-5-25-10/h2-3,5,7,9H,4,6,8H2,1H3,(H,16,22)(H,17,24). The van der Waals surface area contributed by atoms with Crippen molar-refractivity contribution in [3.05, 3.63) is 63.1 Å². The van der Waals surface area contributed by atoms with Crippen molar-refractivity contribution in [3.8, 4) is 0 Å². The summed E-state index contributed by atoms with van der Waals surface area (Å²) in [4.78, 5) is 39.0. The van der Waals surface area contributed by atoms with Crippen molar-refractivity contribution in [1.29, 1.82) is 0 Å². The molecule has 0 saturated carbocycles. The Morgan fingerprint density at radius 2 is 2.27 bits per heavy atom. The highest BCUT2D eigenvalue weighted by Crippen LogP contribution is 2.11. The van der Waals surface area contributed by atoms with E-state index in [1.54, 1.807) is 23.0 Å². The molecular formula is C15H16N6O4S. The van der Waals surface area contributed by atoms with E-state index in [-0.39, 0.29) is 12.1 Å². The number of furan rings is 1. The molecule has 0 radical (unpaired) electrons. The van der Waals surface area contributed by atoms with Gasteiger partial charge in [0.25, 0.3) is 11.5 Å². The number of carbonyl (C=O) groups is 1. The van der Waals surface area contributed by atoms with Crippen LogP contribution in [0.25, 0.3) is 0 Å². The van der Waals surface area contributed by atoms with Crippen LogP contribution in [0.15, 0.2) is 50.1 Å². The Labute approximate surface area is 151 Å². The van der Waals surface area contributed by atoms with Gasteiger partial charge in [-0.3, -0.25) is 14.2 Å². The van der Waals surface area contributed by atoms with Gasteiger partial charge in [-0.1, -0.05) is 11.8 Å². The molecule has 3 aromatic heterocycles. The van der Waals surface area contributed by atoms with E-state index in [0.29, 0.717) is 18.1 Å². The van der Waals surface area contributed by atoms with Crippen molar-refractivity contribution >= 4 is 17.7 Å². The fourth-order valence-electron chi connectivity index (χ4n) is 2.18. The zero-order valence-corrected chi connectivity index (χ0v) is 14.7. The minimum atomic E-state index is -0.677. The van der Waals surface area contributed by atoms with E-state index >= 15 is 0 Å². The van der Waals surface area contributed by atoms with E-state index in [4.69, 9.17) is 4.42 Å². The van der Waals surface area contributed by atoms with Gasteiger partial charge in [-0.05, 0) is 12.1 Å². The number of nitrogens with zero attached hydrogens (tertiary/aromatic N) is 4. The van der Waals surface area contributed by atoms with Crippen LogP contribution in [0.1, 0.15) is 16.1 Å². The Morgan fingerprint density at radius 1 is 1.42 bits per heavy atom. The predicted octanol–water partition coefficient (Wildman–Crippen LogP) is -0.172. The number of thioether (sulfide) groups is 1. The van der Waals surface area contributed by atoms with E-state index in [1.165, 1.54) is 18.0 Å². The van der Waals surface area contributed by atoms with Crippen LogP contribution >= 0.6 is 11.8 Å². The molecule has 1 amide bonds. The molecule has 3 rings (SSSR count). The maximum atomic E-state index is 12.4. The lowest BCUT2D eigenvalue weighted by molar-refractivity contribution is 0.0953. The molecule has 2 N–H and O–H groups in total. The van der Waals surface area contributed by atoms with Crippen molar-refractivity contribution in [3.63, 3.8) is 0 Å². The van der Waals surface area contributed by atoms with Gasteiger partial charge >= 0.3 is 5.69 Å². The maximum absolute atomic E-state index is 12.4. The minimum Gasteiger partial charge on any atom is -0.467 e. The van der Waals surface area contributed by atoms with Crippen LogP contribution in [-0.2, 0) is 13.6 Å². The monoisotopic (exact) mass is 376 g/mol. The van der Waals surface area contributed by atoms with Crippen LogP contribution in [-0.4, -0.2) is 42.5 Å². The second kappa shape index (κ2) is 7.87. The topological polar surface area (TPSA) is 128 Å². The molecule has 10 nitrogen and oxygen atoms in total. The normalized spacial score (nSPS) is 10.8. The highest BCUT2D eigenvalue weighted by atomic mass is 32.2. The van der Waals surface area contributed by atoms with Crippen molar-refractivity contribution < 1.29 is 9.21 Å². The summed E-state index contributed by atoms with van der Waals surface area (Å²) in [7, 11) is 1.82. The van der Waals surface area contributed by atoms with Crippen LogP contribution in [0, 0.1) is 0 Å². The van der Waals surface area contributed by atoms with Crippen molar-refractivity contribution in [2.45, 2.75) is 11.7 Å². The summed E-state index contributed by atoms with van der Waals surface area (Å²) in [5.74, 6) is 0.440. The third kappa shape index (κ3) is 3.94. The lowest BCUT2D eigenvalue weighted by Crippen LogP contribution is -2.41. The first-order valence-electron chi connectivity index (χ1n) is 7.66. The van der Waals surface area contributed by atoms with Gasteiger partial charge in [0, 0.05) is 25.5 Å². The van der Waals surface area contributed by atoms with E-state index < -0.39 is 17.2 Å². The Morgan fingerprint density at radius 3 is 2.96 bits per heavy atom. The van der Waals surface area contributed by atoms with Gasteiger partial charge in [-0.15, -0.1) is 10.2 Å². The number of aromatic amines is 1. The molecule has 11 heteroatoms. The first-order valence-corrected chi connectivity index (χ1v) is 8.64. The molecule has 136 valence electrons. The molecular weight excluding hydrogens is 360 g/mol. The van der Waals surface area contributed by atoms with Gasteiger partial charge in [0.15, 0.2) is 5.16 Å². The first kappa shape index (κ1) is 17.7. The summed E-state index contributed by atoms with van der Waals surface area (Å²) >= 11 is 1.42. The number of rotatable bonds is 7. The third-order valence-electron chi connectivity index (χ3n) is 3.49. The van der Waals surface area contributed by atoms with Crippen molar-refractivity contribution in [2.75, 3.05) is 12.3 Å². The Hall–Kier alpha value is -3.08. The molecule has 0 aliphatic carbocycles. The summed E-state index contributed by atoms with van der Waals surface area (Å²) in [5, 5.41) is 11.1. The lowest BCUT2D eigenvalue weighted by Gasteiger charge is -2.07. The lowest BCUT2D eigenvalue weighted by atomic mass is 10.3. The number of H-pyrrole nitrogens is 1. The summed E-state index contributed by atoms with van der Waals surface area (Å²) in [6.07, 6.45) is 4.15. The fraction of sp³-hybridized carbons (Fsp3) is 0.267. The number of nitrogens with one attached hydrogen (secondary N) is 2. The number of carbonyl (C=O) groups excluding carboxylic acids is 1. The zero-order valence-electron chi connectivity index (χ0n) is 13.8. The average Bonchev–Trinajstić information content (AvgIpc) is 3.27. The summed E-state index contributed by atoms with van der Waals surface area (Å²) in [6, 6.07) is 3.29. The summed E-state index contributed by atoms with van der Waals surface area (Å²) in [6.45, 7) is 0.275. The number of aromatic nitrogens is 5. The van der Waals surface area contributed by atoms with E-state index in [9.17, 15) is 14.4 Å². The van der Waals surface area contributed by atoms with Crippen LogP contribution < -0.4 is 16.6 Å². The summed E-state index contributed by atoms with van der Waals surface area (Å²) < 4.78 is 7.83. The summed E-state index contributed by atoms with van der Waals surface area (Å²) in [5.41, 5.74) is -1.43. The number of hydrogen-bond donors (Lipinski definition) is 2. The third-order valence-corrected chi connectivity index (χ3v) is 4.52. The first-order chi connectivity index (χ1) is 12.6. The quantitative estimate of drug-likeness (QED) is 0.433. The molecule has 0 unspecified atom stereocenters. The zero-order chi connectivity index (χ0) is 18.5. The SMILES string of the molecule is Cn1cnnc1SCCNC(=O)c1c[nH]c(=O)n(Cc2ccco2)c1=O. The second-order valence-corrected chi connectivity index (χ2v) is 6.37. The van der Waals surface area contributed by atoms with Crippen molar-refractivity contribution in [1.82, 2.24) is 29.6 Å². The minimum absolute atomic E-state index is 0.0513. The second-order valence-electron chi connectivity index (χ2n) is 5.31. The van der Waals surface area contributed by atoms with Gasteiger partial charge < -0.3 is 19.3 Å². The molecule has 0 aromatic carbocycles. The van der Waals surface area contributed by atoms with E-state index in [0.717, 1.165) is 15.9 Å². The van der Waals surface area contributed by atoms with Crippen LogP contribution in [0.4, 0.5) is 0 Å². The van der Waals surface area contributed by atoms with Gasteiger partial charge in [-0.2, -0.15) is 0 Å². The van der Waals surface area contributed by atoms with Gasteiger partial charge in [-0.25, -0.2) is 4.79 Å². The molecule has 0 atom stereocenters.